The van der Waals surface area contributed by atoms with Crippen molar-refractivity contribution in [1.29, 1.82) is 0 Å². The second kappa shape index (κ2) is 8.68. The van der Waals surface area contributed by atoms with Gasteiger partial charge in [-0.2, -0.15) is 0 Å². The number of rotatable bonds is 5. The van der Waals surface area contributed by atoms with Crippen LogP contribution in [0.4, 0.5) is 9.18 Å². The van der Waals surface area contributed by atoms with E-state index in [9.17, 15) is 14.7 Å². The number of carbonyl (C=O) groups excluding carboxylic acids is 1. The highest BCUT2D eigenvalue weighted by atomic mass is 35.5. The molecule has 1 aromatic rings. The minimum Gasteiger partial charge on any atom is -0.465 e. The second-order valence-electron chi connectivity index (χ2n) is 8.12. The van der Waals surface area contributed by atoms with Crippen molar-refractivity contribution in [2.24, 2.45) is 0 Å². The Kier molecular flexibility index (Phi) is 6.41. The van der Waals surface area contributed by atoms with Crippen LogP contribution >= 0.6 is 11.6 Å². The first kappa shape index (κ1) is 22.2. The van der Waals surface area contributed by atoms with Gasteiger partial charge in [-0.3, -0.25) is 4.79 Å². The molecule has 1 heterocycles. The van der Waals surface area contributed by atoms with Gasteiger partial charge < -0.3 is 20.2 Å². The molecule has 1 aliphatic carbocycles. The zero-order valence-electron chi connectivity index (χ0n) is 17.2. The number of allylic oxidation sites excluding steroid dienone is 4. The average Bonchev–Trinajstić information content (AvgIpc) is 2.73. The summed E-state index contributed by atoms with van der Waals surface area (Å²) in [6.07, 6.45) is 3.33. The van der Waals surface area contributed by atoms with Crippen molar-refractivity contribution in [1.82, 2.24) is 15.1 Å². The smallest absolute Gasteiger partial charge is 0.405 e. The third-order valence-corrected chi connectivity index (χ3v) is 6.15. The number of amides is 2. The van der Waals surface area contributed by atoms with Crippen LogP contribution in [0.15, 0.2) is 48.2 Å². The molecule has 2 amide bonds. The molecule has 2 unspecified atom stereocenters. The number of likely N-dealkylation sites (tertiary alicyclic amines) is 1. The number of nitrogens with one attached hydrogen (secondary N) is 1. The van der Waals surface area contributed by atoms with E-state index in [1.807, 2.05) is 36.4 Å². The molecule has 2 N–H and O–H groups in total. The molecule has 1 aromatic carbocycles. The van der Waals surface area contributed by atoms with Crippen molar-refractivity contribution in [3.8, 4) is 0 Å². The van der Waals surface area contributed by atoms with Crippen LogP contribution in [0.3, 0.4) is 0 Å². The van der Waals surface area contributed by atoms with Gasteiger partial charge in [-0.1, -0.05) is 36.4 Å². The Balaban J connectivity index is 1.96. The van der Waals surface area contributed by atoms with Gasteiger partial charge >= 0.3 is 6.09 Å². The average molecular weight is 436 g/mol. The lowest BCUT2D eigenvalue weighted by atomic mass is 9.82. The largest absolute Gasteiger partial charge is 0.465 e. The SMILES string of the molecule is CN(C)C(=O)C1(NC(=O)O)CCCN(C2=CC=C(c3ccccc3)CC2(F)CCl)C1. The highest BCUT2D eigenvalue weighted by Gasteiger charge is 2.48. The number of halogens is 2. The molecule has 6 nitrogen and oxygen atoms in total. The number of benzene rings is 1. The summed E-state index contributed by atoms with van der Waals surface area (Å²) in [7, 11) is 3.17. The standard InChI is InChI=1S/C22H27ClFN3O3/c1-26(2)19(28)22(25-20(29)30)11-6-12-27(15-22)18-10-9-17(13-21(18,24)14-23)16-7-4-3-5-8-16/h3-5,7-10,25H,6,11-15H2,1-2H3,(H,29,30). The molecule has 162 valence electrons. The third kappa shape index (κ3) is 4.31. The maximum absolute atomic E-state index is 16.0. The lowest BCUT2D eigenvalue weighted by Crippen LogP contribution is -2.66. The van der Waals surface area contributed by atoms with Crippen LogP contribution in [0.1, 0.15) is 24.8 Å². The van der Waals surface area contributed by atoms with Crippen LogP contribution in [0.5, 0.6) is 0 Å². The van der Waals surface area contributed by atoms with Crippen molar-refractivity contribution in [2.45, 2.75) is 30.5 Å². The van der Waals surface area contributed by atoms with Gasteiger partial charge in [0, 0.05) is 27.1 Å². The van der Waals surface area contributed by atoms with Crippen LogP contribution in [-0.2, 0) is 4.79 Å². The predicted octanol–water partition coefficient (Wildman–Crippen LogP) is 3.50. The highest BCUT2D eigenvalue weighted by Crippen LogP contribution is 2.41. The summed E-state index contributed by atoms with van der Waals surface area (Å²) in [4.78, 5) is 27.5. The van der Waals surface area contributed by atoms with Gasteiger partial charge in [-0.25, -0.2) is 9.18 Å². The molecule has 0 bridgehead atoms. The van der Waals surface area contributed by atoms with Crippen LogP contribution in [0, 0.1) is 0 Å². The van der Waals surface area contributed by atoms with Crippen LogP contribution in [0.2, 0.25) is 0 Å². The number of alkyl halides is 2. The Morgan fingerprint density at radius 2 is 1.97 bits per heavy atom. The second-order valence-corrected chi connectivity index (χ2v) is 8.39. The number of hydrogen-bond donors (Lipinski definition) is 2. The van der Waals surface area contributed by atoms with Crippen LogP contribution < -0.4 is 5.32 Å². The fourth-order valence-corrected chi connectivity index (χ4v) is 4.59. The molecular weight excluding hydrogens is 409 g/mol. The lowest BCUT2D eigenvalue weighted by molar-refractivity contribution is -0.137. The molecule has 0 radical (unpaired) electrons. The van der Waals surface area contributed by atoms with E-state index in [0.29, 0.717) is 25.1 Å². The first-order chi connectivity index (χ1) is 14.2. The van der Waals surface area contributed by atoms with E-state index in [4.69, 9.17) is 11.6 Å². The number of carboxylic acid groups (broad SMARTS) is 1. The number of nitrogens with zero attached hydrogens (tertiary/aromatic N) is 2. The Hall–Kier alpha value is -2.54. The van der Waals surface area contributed by atoms with E-state index >= 15 is 4.39 Å². The number of carbonyl (C=O) groups is 2. The number of piperidine rings is 1. The Bertz CT molecular complexity index is 874. The van der Waals surface area contributed by atoms with Crippen molar-refractivity contribution in [3.05, 3.63) is 53.7 Å². The fourth-order valence-electron chi connectivity index (χ4n) is 4.36. The van der Waals surface area contributed by atoms with Crippen molar-refractivity contribution < 1.29 is 19.1 Å². The summed E-state index contributed by atoms with van der Waals surface area (Å²) in [5.74, 6) is -0.581. The summed E-state index contributed by atoms with van der Waals surface area (Å²) in [5, 5.41) is 11.8. The van der Waals surface area contributed by atoms with E-state index < -0.39 is 17.3 Å². The van der Waals surface area contributed by atoms with Crippen molar-refractivity contribution in [2.75, 3.05) is 33.1 Å². The van der Waals surface area contributed by atoms with E-state index in [1.54, 1.807) is 25.1 Å². The third-order valence-electron chi connectivity index (χ3n) is 5.72. The zero-order valence-corrected chi connectivity index (χ0v) is 18.0. The quantitative estimate of drug-likeness (QED) is 0.694. The summed E-state index contributed by atoms with van der Waals surface area (Å²) < 4.78 is 16.0. The summed E-state index contributed by atoms with van der Waals surface area (Å²) >= 11 is 6.10. The summed E-state index contributed by atoms with van der Waals surface area (Å²) in [5.41, 5.74) is -0.970. The predicted molar refractivity (Wildman–Crippen MR) is 115 cm³/mol. The molecule has 1 fully saturated rings. The van der Waals surface area contributed by atoms with E-state index in [1.165, 1.54) is 4.90 Å². The topological polar surface area (TPSA) is 72.9 Å². The number of hydrogen-bond acceptors (Lipinski definition) is 3. The molecule has 8 heteroatoms. The van der Waals surface area contributed by atoms with Crippen LogP contribution in [0.25, 0.3) is 5.57 Å². The summed E-state index contributed by atoms with van der Waals surface area (Å²) in [6.45, 7) is 0.575. The maximum Gasteiger partial charge on any atom is 0.405 e. The number of likely N-dealkylation sites (N-methyl/N-ethyl adjacent to an activating group) is 1. The molecule has 1 saturated heterocycles. The maximum atomic E-state index is 16.0. The normalized spacial score (nSPS) is 26.5. The molecule has 2 aliphatic rings. The summed E-state index contributed by atoms with van der Waals surface area (Å²) in [6, 6.07) is 9.57. The van der Waals surface area contributed by atoms with E-state index in [0.717, 1.165) is 11.1 Å². The molecule has 0 aromatic heterocycles. The van der Waals surface area contributed by atoms with Gasteiger partial charge in [0.2, 0.25) is 5.91 Å². The molecule has 1 aliphatic heterocycles. The molecule has 30 heavy (non-hydrogen) atoms. The zero-order chi connectivity index (χ0) is 21.9. The van der Waals surface area contributed by atoms with Gasteiger partial charge in [0.15, 0.2) is 5.67 Å². The van der Waals surface area contributed by atoms with Crippen molar-refractivity contribution >= 4 is 29.2 Å². The highest BCUT2D eigenvalue weighted by molar-refractivity contribution is 6.19. The van der Waals surface area contributed by atoms with Crippen LogP contribution in [-0.4, -0.2) is 71.2 Å². The molecule has 2 atom stereocenters. The van der Waals surface area contributed by atoms with Gasteiger partial charge in [0.1, 0.15) is 5.54 Å². The first-order valence-corrected chi connectivity index (χ1v) is 10.4. The fraction of sp³-hybridized carbons (Fsp3) is 0.455. The minimum absolute atomic E-state index is 0.0548. The molecule has 0 spiro atoms. The Labute approximate surface area is 181 Å². The van der Waals surface area contributed by atoms with E-state index in [-0.39, 0.29) is 24.8 Å². The monoisotopic (exact) mass is 435 g/mol. The van der Waals surface area contributed by atoms with Gasteiger partial charge in [-0.15, -0.1) is 11.6 Å². The Morgan fingerprint density at radius 3 is 2.57 bits per heavy atom. The first-order valence-electron chi connectivity index (χ1n) is 9.90. The lowest BCUT2D eigenvalue weighted by Gasteiger charge is -2.47. The molecular formula is C22H27ClFN3O3. The van der Waals surface area contributed by atoms with Gasteiger partial charge in [-0.05, 0) is 30.1 Å². The molecule has 3 rings (SSSR count). The Morgan fingerprint density at radius 1 is 1.27 bits per heavy atom. The van der Waals surface area contributed by atoms with Crippen molar-refractivity contribution in [3.63, 3.8) is 0 Å². The molecule has 0 saturated carbocycles. The van der Waals surface area contributed by atoms with E-state index in [2.05, 4.69) is 5.32 Å². The minimum atomic E-state index is -1.81. The van der Waals surface area contributed by atoms with Gasteiger partial charge in [0.25, 0.3) is 0 Å². The van der Waals surface area contributed by atoms with Gasteiger partial charge in [0.05, 0.1) is 18.1 Å².